The van der Waals surface area contributed by atoms with Crippen LogP contribution in [0.3, 0.4) is 0 Å². The standard InChI is InChI=1S/C18H12BrClFN3O3/c19-11-5-6-15(14(21)7-11)23-16(25)12-8-22-18(27)24(17(12)26)9-10-3-1-2-4-13(10)20/h1-8H,9H2,(H,22,27)(H,23,25). The van der Waals surface area contributed by atoms with Crippen LogP contribution in [0, 0.1) is 5.82 Å². The summed E-state index contributed by atoms with van der Waals surface area (Å²) in [7, 11) is 0. The lowest BCUT2D eigenvalue weighted by Crippen LogP contribution is -2.39. The first-order valence-corrected chi connectivity index (χ1v) is 8.86. The molecular formula is C18H12BrClFN3O3. The molecule has 2 aromatic carbocycles. The molecule has 138 valence electrons. The lowest BCUT2D eigenvalue weighted by Gasteiger charge is -2.09. The van der Waals surface area contributed by atoms with Crippen LogP contribution >= 0.6 is 27.5 Å². The second-order valence-electron chi connectivity index (χ2n) is 5.57. The second-order valence-corrected chi connectivity index (χ2v) is 6.89. The predicted octanol–water partition coefficient (Wildman–Crippen LogP) is 3.39. The first-order valence-electron chi connectivity index (χ1n) is 7.69. The topological polar surface area (TPSA) is 84.0 Å². The van der Waals surface area contributed by atoms with Gasteiger partial charge in [0.05, 0.1) is 12.2 Å². The van der Waals surface area contributed by atoms with Gasteiger partial charge in [-0.25, -0.2) is 9.18 Å². The summed E-state index contributed by atoms with van der Waals surface area (Å²) < 4.78 is 15.3. The van der Waals surface area contributed by atoms with E-state index < -0.39 is 23.0 Å². The average molecular weight is 453 g/mol. The molecule has 3 aromatic rings. The zero-order valence-electron chi connectivity index (χ0n) is 13.6. The van der Waals surface area contributed by atoms with Gasteiger partial charge in [-0.15, -0.1) is 0 Å². The molecule has 0 atom stereocenters. The maximum Gasteiger partial charge on any atom is 0.328 e. The van der Waals surface area contributed by atoms with E-state index in [1.807, 2.05) is 0 Å². The van der Waals surface area contributed by atoms with Crippen LogP contribution in [0.2, 0.25) is 5.02 Å². The van der Waals surface area contributed by atoms with E-state index in [-0.39, 0.29) is 17.8 Å². The van der Waals surface area contributed by atoms with Gasteiger partial charge in [-0.1, -0.05) is 45.7 Å². The van der Waals surface area contributed by atoms with Crippen LogP contribution in [0.4, 0.5) is 10.1 Å². The number of nitrogens with one attached hydrogen (secondary N) is 2. The van der Waals surface area contributed by atoms with Crippen LogP contribution in [0.15, 0.2) is 62.7 Å². The SMILES string of the molecule is O=C(Nc1ccc(Br)cc1F)c1c[nH]c(=O)n(Cc2ccccc2Cl)c1=O. The number of aromatic amines is 1. The quantitative estimate of drug-likeness (QED) is 0.636. The minimum absolute atomic E-state index is 0.0912. The molecule has 0 unspecified atom stereocenters. The highest BCUT2D eigenvalue weighted by Gasteiger charge is 2.17. The highest BCUT2D eigenvalue weighted by Crippen LogP contribution is 2.19. The van der Waals surface area contributed by atoms with Crippen molar-refractivity contribution in [3.05, 3.63) is 95.9 Å². The van der Waals surface area contributed by atoms with Gasteiger partial charge in [-0.3, -0.25) is 14.2 Å². The van der Waals surface area contributed by atoms with E-state index in [9.17, 15) is 18.8 Å². The number of benzene rings is 2. The first-order chi connectivity index (χ1) is 12.9. The minimum Gasteiger partial charge on any atom is -0.319 e. The van der Waals surface area contributed by atoms with Gasteiger partial charge in [0.15, 0.2) is 0 Å². The van der Waals surface area contributed by atoms with Crippen LogP contribution < -0.4 is 16.6 Å². The zero-order chi connectivity index (χ0) is 19.6. The molecule has 0 fully saturated rings. The summed E-state index contributed by atoms with van der Waals surface area (Å²) in [6.07, 6.45) is 1.000. The maximum absolute atomic E-state index is 13.9. The summed E-state index contributed by atoms with van der Waals surface area (Å²) in [5, 5.41) is 2.71. The van der Waals surface area contributed by atoms with Crippen molar-refractivity contribution < 1.29 is 9.18 Å². The third-order valence-corrected chi connectivity index (χ3v) is 4.63. The molecular weight excluding hydrogens is 441 g/mol. The Hall–Kier alpha value is -2.71. The van der Waals surface area contributed by atoms with Gasteiger partial charge in [0, 0.05) is 15.7 Å². The minimum atomic E-state index is -0.842. The Labute approximate surface area is 165 Å². The van der Waals surface area contributed by atoms with Gasteiger partial charge < -0.3 is 10.3 Å². The van der Waals surface area contributed by atoms with Crippen LogP contribution in [-0.4, -0.2) is 15.5 Å². The van der Waals surface area contributed by atoms with E-state index in [0.717, 1.165) is 10.8 Å². The number of hydrogen-bond acceptors (Lipinski definition) is 3. The van der Waals surface area contributed by atoms with Gasteiger partial charge in [-0.05, 0) is 29.8 Å². The molecule has 2 N–H and O–H groups in total. The molecule has 0 spiro atoms. The Morgan fingerprint density at radius 3 is 2.67 bits per heavy atom. The Bertz CT molecular complexity index is 1140. The maximum atomic E-state index is 13.9. The molecule has 0 aliphatic rings. The molecule has 0 aliphatic heterocycles. The summed E-state index contributed by atoms with van der Waals surface area (Å²) in [6, 6.07) is 10.8. The number of H-pyrrole nitrogens is 1. The van der Waals surface area contributed by atoms with E-state index in [4.69, 9.17) is 11.6 Å². The first kappa shape index (κ1) is 19.1. The molecule has 27 heavy (non-hydrogen) atoms. The van der Waals surface area contributed by atoms with Gasteiger partial charge in [0.1, 0.15) is 11.4 Å². The van der Waals surface area contributed by atoms with E-state index in [1.165, 1.54) is 12.1 Å². The third kappa shape index (κ3) is 4.17. The van der Waals surface area contributed by atoms with Gasteiger partial charge in [0.25, 0.3) is 11.5 Å². The van der Waals surface area contributed by atoms with E-state index in [0.29, 0.717) is 15.1 Å². The summed E-state index contributed by atoms with van der Waals surface area (Å²) in [5.41, 5.74) is -1.38. The van der Waals surface area contributed by atoms with E-state index >= 15 is 0 Å². The Morgan fingerprint density at radius 2 is 1.96 bits per heavy atom. The molecule has 1 aromatic heterocycles. The number of rotatable bonds is 4. The van der Waals surface area contributed by atoms with Gasteiger partial charge in [0.2, 0.25) is 0 Å². The molecule has 6 nitrogen and oxygen atoms in total. The van der Waals surface area contributed by atoms with Crippen molar-refractivity contribution in [2.45, 2.75) is 6.54 Å². The number of nitrogens with zero attached hydrogens (tertiary/aromatic N) is 1. The smallest absolute Gasteiger partial charge is 0.319 e. The van der Waals surface area contributed by atoms with Crippen molar-refractivity contribution in [3.8, 4) is 0 Å². The fraction of sp³-hybridized carbons (Fsp3) is 0.0556. The fourth-order valence-electron chi connectivity index (χ4n) is 2.39. The zero-order valence-corrected chi connectivity index (χ0v) is 16.0. The highest BCUT2D eigenvalue weighted by molar-refractivity contribution is 9.10. The number of carbonyl (C=O) groups excluding carboxylic acids is 1. The molecule has 0 aliphatic carbocycles. The summed E-state index contributed by atoms with van der Waals surface area (Å²) in [6.45, 7) is -0.110. The van der Waals surface area contributed by atoms with Crippen molar-refractivity contribution in [2.75, 3.05) is 5.32 Å². The third-order valence-electron chi connectivity index (χ3n) is 3.77. The van der Waals surface area contributed by atoms with Crippen LogP contribution in [0.1, 0.15) is 15.9 Å². The fourth-order valence-corrected chi connectivity index (χ4v) is 2.92. The Morgan fingerprint density at radius 1 is 1.22 bits per heavy atom. The van der Waals surface area contributed by atoms with E-state index in [2.05, 4.69) is 26.2 Å². The number of halogens is 3. The molecule has 0 bridgehead atoms. The molecule has 0 radical (unpaired) electrons. The summed E-state index contributed by atoms with van der Waals surface area (Å²) >= 11 is 9.18. The van der Waals surface area contributed by atoms with Gasteiger partial charge >= 0.3 is 5.69 Å². The number of amides is 1. The molecule has 1 amide bonds. The van der Waals surface area contributed by atoms with Crippen LogP contribution in [0.5, 0.6) is 0 Å². The van der Waals surface area contributed by atoms with Crippen molar-refractivity contribution in [1.29, 1.82) is 0 Å². The number of anilines is 1. The van der Waals surface area contributed by atoms with Gasteiger partial charge in [-0.2, -0.15) is 0 Å². The van der Waals surface area contributed by atoms with Crippen molar-refractivity contribution in [1.82, 2.24) is 9.55 Å². The number of aromatic nitrogens is 2. The summed E-state index contributed by atoms with van der Waals surface area (Å²) in [5.74, 6) is -1.51. The Balaban J connectivity index is 1.95. The molecule has 0 saturated heterocycles. The molecule has 0 saturated carbocycles. The second kappa shape index (κ2) is 7.89. The summed E-state index contributed by atoms with van der Waals surface area (Å²) in [4.78, 5) is 39.4. The average Bonchev–Trinajstić information content (AvgIpc) is 2.62. The molecule has 1 heterocycles. The Kier molecular flexibility index (Phi) is 5.57. The number of hydrogen-bond donors (Lipinski definition) is 2. The van der Waals surface area contributed by atoms with Crippen molar-refractivity contribution >= 4 is 39.1 Å². The number of carbonyl (C=O) groups is 1. The normalized spacial score (nSPS) is 10.6. The predicted molar refractivity (Wildman–Crippen MR) is 104 cm³/mol. The van der Waals surface area contributed by atoms with Crippen LogP contribution in [0.25, 0.3) is 0 Å². The lowest BCUT2D eigenvalue weighted by molar-refractivity contribution is 0.102. The monoisotopic (exact) mass is 451 g/mol. The lowest BCUT2D eigenvalue weighted by atomic mass is 10.2. The molecule has 3 rings (SSSR count). The largest absolute Gasteiger partial charge is 0.328 e. The van der Waals surface area contributed by atoms with Crippen molar-refractivity contribution in [3.63, 3.8) is 0 Å². The van der Waals surface area contributed by atoms with Crippen LogP contribution in [-0.2, 0) is 6.54 Å². The van der Waals surface area contributed by atoms with E-state index in [1.54, 1.807) is 30.3 Å². The van der Waals surface area contributed by atoms with Crippen molar-refractivity contribution in [2.24, 2.45) is 0 Å². The highest BCUT2D eigenvalue weighted by atomic mass is 79.9. The molecule has 9 heteroatoms.